The molecule has 32 heavy (non-hydrogen) atoms. The lowest BCUT2D eigenvalue weighted by Crippen LogP contribution is -2.38. The normalized spacial score (nSPS) is 18.4. The van der Waals surface area contributed by atoms with Gasteiger partial charge < -0.3 is 5.32 Å². The second-order valence-corrected chi connectivity index (χ2v) is 8.16. The molecule has 2 aromatic carbocycles. The smallest absolute Gasteiger partial charge is 0.225 e. The fourth-order valence-corrected chi connectivity index (χ4v) is 4.23. The molecule has 2 heterocycles. The lowest BCUT2D eigenvalue weighted by molar-refractivity contribution is -0.125. The first-order chi connectivity index (χ1) is 15.6. The Bertz CT molecular complexity index is 1040. The predicted molar refractivity (Wildman–Crippen MR) is 120 cm³/mol. The zero-order chi connectivity index (χ0) is 22.3. The van der Waals surface area contributed by atoms with E-state index in [1.165, 1.54) is 24.3 Å². The Labute approximate surface area is 187 Å². The summed E-state index contributed by atoms with van der Waals surface area (Å²) in [5.74, 6) is -1.53. The third-order valence-corrected chi connectivity index (χ3v) is 5.91. The quantitative estimate of drug-likeness (QED) is 0.555. The third-order valence-electron chi connectivity index (χ3n) is 5.91. The van der Waals surface area contributed by atoms with Crippen LogP contribution in [0.2, 0.25) is 0 Å². The van der Waals surface area contributed by atoms with Crippen molar-refractivity contribution >= 4 is 11.7 Å². The third kappa shape index (κ3) is 5.45. The Morgan fingerprint density at radius 2 is 1.59 bits per heavy atom. The number of ketones is 1. The molecule has 164 valence electrons. The van der Waals surface area contributed by atoms with Gasteiger partial charge in [0.15, 0.2) is 5.78 Å². The minimum atomic E-state index is -0.468. The van der Waals surface area contributed by atoms with E-state index in [1.54, 1.807) is 12.4 Å². The molecule has 2 atom stereocenters. The summed E-state index contributed by atoms with van der Waals surface area (Å²) in [6, 6.07) is 19.4. The molecule has 5 nitrogen and oxygen atoms in total. The zero-order valence-corrected chi connectivity index (χ0v) is 17.8. The number of nitrogens with one attached hydrogen (secondary N) is 1. The number of hydrogen-bond donors (Lipinski definition) is 1. The van der Waals surface area contributed by atoms with Gasteiger partial charge in [-0.1, -0.05) is 30.3 Å². The maximum Gasteiger partial charge on any atom is 0.225 e. The summed E-state index contributed by atoms with van der Waals surface area (Å²) in [5, 5.41) is 3.00. The predicted octanol–water partition coefficient (Wildman–Crippen LogP) is 3.51. The standard InChI is InChI=1S/C26H26FN3O2/c27-22-8-6-21(7-9-22)25(31)23-17-30(16-20-4-2-1-3-5-20)18-24(23)26(32)29-15-12-19-10-13-28-14-11-19/h1-11,13-14,23-24H,12,15-18H2,(H,29,32)/t23-,24-/m1/s1. The highest BCUT2D eigenvalue weighted by molar-refractivity contribution is 6.01. The van der Waals surface area contributed by atoms with Crippen LogP contribution in [0.5, 0.6) is 0 Å². The van der Waals surface area contributed by atoms with Gasteiger partial charge in [-0.05, 0) is 53.9 Å². The van der Waals surface area contributed by atoms with E-state index in [9.17, 15) is 14.0 Å². The van der Waals surface area contributed by atoms with E-state index in [1.807, 2.05) is 42.5 Å². The van der Waals surface area contributed by atoms with E-state index in [0.29, 0.717) is 38.2 Å². The topological polar surface area (TPSA) is 62.3 Å². The molecule has 0 bridgehead atoms. The van der Waals surface area contributed by atoms with Gasteiger partial charge in [0.2, 0.25) is 5.91 Å². The molecule has 0 unspecified atom stereocenters. The first-order valence-electron chi connectivity index (χ1n) is 10.8. The maximum atomic E-state index is 13.3. The second-order valence-electron chi connectivity index (χ2n) is 8.16. The van der Waals surface area contributed by atoms with Gasteiger partial charge in [-0.25, -0.2) is 4.39 Å². The SMILES string of the molecule is O=C(NCCc1ccncc1)[C@@H]1CN(Cc2ccccc2)C[C@H]1C(=O)c1ccc(F)cc1. The number of aromatic nitrogens is 1. The molecule has 0 aliphatic carbocycles. The molecule has 1 aromatic heterocycles. The summed E-state index contributed by atoms with van der Waals surface area (Å²) >= 11 is 0. The number of pyridine rings is 1. The highest BCUT2D eigenvalue weighted by atomic mass is 19.1. The molecule has 4 rings (SSSR count). The molecular weight excluding hydrogens is 405 g/mol. The van der Waals surface area contributed by atoms with Crippen LogP contribution in [-0.2, 0) is 17.8 Å². The average Bonchev–Trinajstić information content (AvgIpc) is 3.24. The molecule has 0 saturated carbocycles. The Morgan fingerprint density at radius 3 is 2.31 bits per heavy atom. The van der Waals surface area contributed by atoms with Crippen molar-refractivity contribution in [2.45, 2.75) is 13.0 Å². The van der Waals surface area contributed by atoms with E-state index in [0.717, 1.165) is 11.1 Å². The Hall–Kier alpha value is -3.38. The number of carbonyl (C=O) groups is 2. The molecule has 1 aliphatic heterocycles. The van der Waals surface area contributed by atoms with Crippen molar-refractivity contribution in [1.29, 1.82) is 0 Å². The van der Waals surface area contributed by atoms with Crippen LogP contribution >= 0.6 is 0 Å². The van der Waals surface area contributed by atoms with Gasteiger partial charge in [-0.2, -0.15) is 0 Å². The van der Waals surface area contributed by atoms with Gasteiger partial charge in [0.1, 0.15) is 5.82 Å². The number of Topliss-reactive ketones (excluding diaryl/α,β-unsaturated/α-hetero) is 1. The summed E-state index contributed by atoms with van der Waals surface area (Å²) < 4.78 is 13.3. The van der Waals surface area contributed by atoms with Crippen LogP contribution < -0.4 is 5.32 Å². The number of hydrogen-bond acceptors (Lipinski definition) is 4. The van der Waals surface area contributed by atoms with Gasteiger partial charge in [-0.3, -0.25) is 19.5 Å². The van der Waals surface area contributed by atoms with Gasteiger partial charge in [0, 0.05) is 50.1 Å². The minimum absolute atomic E-state index is 0.116. The monoisotopic (exact) mass is 431 g/mol. The number of benzene rings is 2. The summed E-state index contributed by atoms with van der Waals surface area (Å²) in [7, 11) is 0. The van der Waals surface area contributed by atoms with E-state index in [-0.39, 0.29) is 17.5 Å². The molecule has 1 saturated heterocycles. The summed E-state index contributed by atoms with van der Waals surface area (Å²) in [4.78, 5) is 32.5. The molecule has 6 heteroatoms. The van der Waals surface area contributed by atoms with Crippen LogP contribution in [0.3, 0.4) is 0 Å². The second kappa shape index (κ2) is 10.3. The van der Waals surface area contributed by atoms with Crippen LogP contribution in [-0.4, -0.2) is 41.2 Å². The summed E-state index contributed by atoms with van der Waals surface area (Å²) in [6.07, 6.45) is 4.16. The van der Waals surface area contributed by atoms with Gasteiger partial charge in [0.05, 0.1) is 5.92 Å². The molecule has 1 amide bonds. The number of rotatable bonds is 8. The van der Waals surface area contributed by atoms with Crippen molar-refractivity contribution in [2.75, 3.05) is 19.6 Å². The van der Waals surface area contributed by atoms with Crippen LogP contribution in [0.25, 0.3) is 0 Å². The maximum absolute atomic E-state index is 13.3. The van der Waals surface area contributed by atoms with Gasteiger partial charge in [0.25, 0.3) is 0 Å². The van der Waals surface area contributed by atoms with Crippen molar-refractivity contribution in [3.63, 3.8) is 0 Å². The molecule has 1 N–H and O–H groups in total. The van der Waals surface area contributed by atoms with Crippen LogP contribution in [0, 0.1) is 17.7 Å². The van der Waals surface area contributed by atoms with Crippen LogP contribution in [0.15, 0.2) is 79.1 Å². The largest absolute Gasteiger partial charge is 0.355 e. The Balaban J connectivity index is 1.46. The number of carbonyl (C=O) groups excluding carboxylic acids is 2. The van der Waals surface area contributed by atoms with E-state index < -0.39 is 11.8 Å². The number of amides is 1. The summed E-state index contributed by atoms with van der Waals surface area (Å²) in [6.45, 7) is 2.17. The molecular formula is C26H26FN3O2. The Kier molecular flexibility index (Phi) is 7.02. The van der Waals surface area contributed by atoms with Crippen molar-refractivity contribution in [2.24, 2.45) is 11.8 Å². The first-order valence-corrected chi connectivity index (χ1v) is 10.8. The van der Waals surface area contributed by atoms with Crippen LogP contribution in [0.1, 0.15) is 21.5 Å². The van der Waals surface area contributed by atoms with Gasteiger partial charge >= 0.3 is 0 Å². The molecule has 3 aromatic rings. The highest BCUT2D eigenvalue weighted by Crippen LogP contribution is 2.28. The molecule has 1 fully saturated rings. The number of likely N-dealkylation sites (tertiary alicyclic amines) is 1. The Morgan fingerprint density at radius 1 is 0.906 bits per heavy atom. The lowest BCUT2D eigenvalue weighted by Gasteiger charge is -2.17. The summed E-state index contributed by atoms with van der Waals surface area (Å²) in [5.41, 5.74) is 2.67. The molecule has 0 spiro atoms. The van der Waals surface area contributed by atoms with Crippen molar-refractivity contribution < 1.29 is 14.0 Å². The van der Waals surface area contributed by atoms with Crippen molar-refractivity contribution in [3.05, 3.63) is 102 Å². The highest BCUT2D eigenvalue weighted by Gasteiger charge is 2.41. The average molecular weight is 432 g/mol. The van der Waals surface area contributed by atoms with E-state index in [2.05, 4.69) is 15.2 Å². The fraction of sp³-hybridized carbons (Fsp3) is 0.269. The van der Waals surface area contributed by atoms with E-state index >= 15 is 0 Å². The van der Waals surface area contributed by atoms with Crippen molar-refractivity contribution in [3.8, 4) is 0 Å². The first kappa shape index (κ1) is 21.8. The zero-order valence-electron chi connectivity index (χ0n) is 17.8. The molecule has 1 aliphatic rings. The number of nitrogens with zero attached hydrogens (tertiary/aromatic N) is 2. The number of halogens is 1. The lowest BCUT2D eigenvalue weighted by atomic mass is 9.87. The van der Waals surface area contributed by atoms with E-state index in [4.69, 9.17) is 0 Å². The fourth-order valence-electron chi connectivity index (χ4n) is 4.23. The van der Waals surface area contributed by atoms with Crippen molar-refractivity contribution in [1.82, 2.24) is 15.2 Å². The molecule has 0 radical (unpaired) electrons. The minimum Gasteiger partial charge on any atom is -0.355 e. The van der Waals surface area contributed by atoms with Crippen LogP contribution in [0.4, 0.5) is 4.39 Å². The van der Waals surface area contributed by atoms with Gasteiger partial charge in [-0.15, -0.1) is 0 Å².